The second kappa shape index (κ2) is 6.67. The van der Waals surface area contributed by atoms with Crippen molar-refractivity contribution < 1.29 is 5.11 Å². The zero-order valence-electron chi connectivity index (χ0n) is 13.5. The van der Waals surface area contributed by atoms with Gasteiger partial charge >= 0.3 is 0 Å². The van der Waals surface area contributed by atoms with Gasteiger partial charge in [-0.3, -0.25) is 0 Å². The molecule has 0 spiro atoms. The molecule has 0 amide bonds. The maximum absolute atomic E-state index is 9.72. The van der Waals surface area contributed by atoms with Crippen LogP contribution in [0.2, 0.25) is 0 Å². The number of aliphatic hydroxyl groups excluding tert-OH is 1. The summed E-state index contributed by atoms with van der Waals surface area (Å²) in [5.41, 5.74) is 2.63. The van der Waals surface area contributed by atoms with Crippen LogP contribution in [0.3, 0.4) is 0 Å². The van der Waals surface area contributed by atoms with Crippen LogP contribution in [0.1, 0.15) is 39.7 Å². The van der Waals surface area contributed by atoms with Gasteiger partial charge in [-0.2, -0.15) is 0 Å². The van der Waals surface area contributed by atoms with Gasteiger partial charge in [-0.25, -0.2) is 0 Å². The Balaban J connectivity index is 2.27. The predicted octanol–water partition coefficient (Wildman–Crippen LogP) is 3.54. The van der Waals surface area contributed by atoms with Gasteiger partial charge < -0.3 is 15.3 Å². The summed E-state index contributed by atoms with van der Waals surface area (Å²) in [6.45, 7) is 10.9. The molecule has 1 heterocycles. The fraction of sp³-hybridized carbons (Fsp3) is 0.647. The van der Waals surface area contributed by atoms with Crippen molar-refractivity contribution in [3.05, 3.63) is 28.2 Å². The van der Waals surface area contributed by atoms with Crippen molar-refractivity contribution >= 4 is 21.6 Å². The molecule has 0 saturated carbocycles. The summed E-state index contributed by atoms with van der Waals surface area (Å²) in [7, 11) is 0. The van der Waals surface area contributed by atoms with Crippen LogP contribution < -0.4 is 10.2 Å². The van der Waals surface area contributed by atoms with E-state index in [1.54, 1.807) is 0 Å². The van der Waals surface area contributed by atoms with Crippen LogP contribution in [-0.4, -0.2) is 29.8 Å². The van der Waals surface area contributed by atoms with E-state index in [4.69, 9.17) is 0 Å². The van der Waals surface area contributed by atoms with Crippen molar-refractivity contribution in [2.75, 3.05) is 18.1 Å². The van der Waals surface area contributed by atoms with Crippen molar-refractivity contribution in [1.82, 2.24) is 5.32 Å². The molecule has 4 heteroatoms. The van der Waals surface area contributed by atoms with Crippen LogP contribution in [-0.2, 0) is 6.54 Å². The van der Waals surface area contributed by atoms with E-state index in [0.29, 0.717) is 5.92 Å². The van der Waals surface area contributed by atoms with E-state index in [9.17, 15) is 5.11 Å². The average Bonchev–Trinajstić information content (AvgIpc) is 2.77. The van der Waals surface area contributed by atoms with Gasteiger partial charge in [-0.1, -0.05) is 28.9 Å². The minimum absolute atomic E-state index is 0.0963. The van der Waals surface area contributed by atoms with Crippen LogP contribution in [0.4, 0.5) is 5.69 Å². The smallest absolute Gasteiger partial charge is 0.0637 e. The number of nitrogens with one attached hydrogen (secondary N) is 1. The summed E-state index contributed by atoms with van der Waals surface area (Å²) in [5, 5.41) is 13.3. The lowest BCUT2D eigenvalue weighted by Gasteiger charge is -2.30. The standard InChI is InChI=1S/C17H27BrN2O/c1-12-7-8-20(16(12)11-21)15-9-14(18)6-5-13(15)10-19-17(2,3)4/h5-6,9,12,16,19,21H,7-8,10-11H2,1-4H3. The lowest BCUT2D eigenvalue weighted by molar-refractivity contribution is 0.244. The highest BCUT2D eigenvalue weighted by molar-refractivity contribution is 9.10. The number of aliphatic hydroxyl groups is 1. The third-order valence-electron chi connectivity index (χ3n) is 4.24. The molecule has 1 aliphatic rings. The molecule has 1 fully saturated rings. The number of nitrogens with zero attached hydrogens (tertiary/aromatic N) is 1. The first-order valence-corrected chi connectivity index (χ1v) is 8.52. The van der Waals surface area contributed by atoms with Crippen LogP contribution in [0.5, 0.6) is 0 Å². The second-order valence-corrected chi connectivity index (χ2v) is 8.00. The van der Waals surface area contributed by atoms with Crippen molar-refractivity contribution in [2.24, 2.45) is 5.92 Å². The summed E-state index contributed by atoms with van der Waals surface area (Å²) in [6.07, 6.45) is 1.14. The molecule has 1 aromatic carbocycles. The topological polar surface area (TPSA) is 35.5 Å². The van der Waals surface area contributed by atoms with E-state index < -0.39 is 0 Å². The largest absolute Gasteiger partial charge is 0.394 e. The molecule has 21 heavy (non-hydrogen) atoms. The average molecular weight is 355 g/mol. The van der Waals surface area contributed by atoms with Crippen molar-refractivity contribution in [2.45, 2.75) is 52.2 Å². The fourth-order valence-corrected chi connectivity index (χ4v) is 3.25. The third-order valence-corrected chi connectivity index (χ3v) is 4.73. The van der Waals surface area contributed by atoms with Gasteiger partial charge in [0.25, 0.3) is 0 Å². The van der Waals surface area contributed by atoms with Crippen LogP contribution in [0, 0.1) is 5.92 Å². The zero-order valence-corrected chi connectivity index (χ0v) is 15.1. The van der Waals surface area contributed by atoms with Crippen LogP contribution in [0.25, 0.3) is 0 Å². The van der Waals surface area contributed by atoms with Crippen LogP contribution in [0.15, 0.2) is 22.7 Å². The Kier molecular flexibility index (Phi) is 5.33. The Morgan fingerprint density at radius 1 is 1.38 bits per heavy atom. The highest BCUT2D eigenvalue weighted by Gasteiger charge is 2.31. The van der Waals surface area contributed by atoms with E-state index >= 15 is 0 Å². The molecule has 1 saturated heterocycles. The molecule has 0 radical (unpaired) electrons. The van der Waals surface area contributed by atoms with E-state index in [1.165, 1.54) is 11.3 Å². The normalized spacial score (nSPS) is 22.9. The molecule has 2 rings (SSSR count). The Morgan fingerprint density at radius 2 is 2.10 bits per heavy atom. The summed E-state index contributed by atoms with van der Waals surface area (Å²) < 4.78 is 1.09. The molecule has 0 aromatic heterocycles. The molecule has 118 valence electrons. The molecule has 3 nitrogen and oxygen atoms in total. The number of anilines is 1. The molecule has 1 aliphatic heterocycles. The summed E-state index contributed by atoms with van der Waals surface area (Å²) in [5.74, 6) is 0.539. The molecular formula is C17H27BrN2O. The van der Waals surface area contributed by atoms with E-state index in [2.05, 4.69) is 72.0 Å². The highest BCUT2D eigenvalue weighted by Crippen LogP contribution is 2.33. The van der Waals surface area contributed by atoms with E-state index in [0.717, 1.165) is 24.0 Å². The monoisotopic (exact) mass is 354 g/mol. The molecule has 0 bridgehead atoms. The number of hydrogen-bond acceptors (Lipinski definition) is 3. The van der Waals surface area contributed by atoms with Gasteiger partial charge in [0.1, 0.15) is 0 Å². The predicted molar refractivity (Wildman–Crippen MR) is 92.7 cm³/mol. The maximum atomic E-state index is 9.72. The van der Waals surface area contributed by atoms with Crippen molar-refractivity contribution in [3.63, 3.8) is 0 Å². The van der Waals surface area contributed by atoms with Crippen LogP contribution >= 0.6 is 15.9 Å². The number of benzene rings is 1. The third kappa shape index (κ3) is 4.21. The molecule has 2 unspecified atom stereocenters. The molecule has 2 atom stereocenters. The Bertz CT molecular complexity index is 484. The molecule has 0 aliphatic carbocycles. The van der Waals surface area contributed by atoms with Gasteiger partial charge in [-0.15, -0.1) is 0 Å². The Hall–Kier alpha value is -0.580. The lowest BCUT2D eigenvalue weighted by Crippen LogP contribution is -2.38. The number of hydrogen-bond donors (Lipinski definition) is 2. The van der Waals surface area contributed by atoms with Crippen molar-refractivity contribution in [1.29, 1.82) is 0 Å². The highest BCUT2D eigenvalue weighted by atomic mass is 79.9. The number of halogens is 1. The first-order chi connectivity index (χ1) is 9.81. The number of rotatable bonds is 4. The van der Waals surface area contributed by atoms with Gasteiger partial charge in [0.15, 0.2) is 0 Å². The minimum Gasteiger partial charge on any atom is -0.394 e. The molecular weight excluding hydrogens is 328 g/mol. The summed E-state index contributed by atoms with van der Waals surface area (Å²) >= 11 is 3.58. The summed E-state index contributed by atoms with van der Waals surface area (Å²) in [6, 6.07) is 6.68. The lowest BCUT2D eigenvalue weighted by atomic mass is 10.0. The van der Waals surface area contributed by atoms with Gasteiger partial charge in [0.05, 0.1) is 12.6 Å². The molecule has 1 aromatic rings. The van der Waals surface area contributed by atoms with Gasteiger partial charge in [0, 0.05) is 28.8 Å². The first-order valence-electron chi connectivity index (χ1n) is 7.73. The summed E-state index contributed by atoms with van der Waals surface area (Å²) in [4.78, 5) is 2.37. The van der Waals surface area contributed by atoms with E-state index in [-0.39, 0.29) is 18.2 Å². The van der Waals surface area contributed by atoms with Crippen molar-refractivity contribution in [3.8, 4) is 0 Å². The second-order valence-electron chi connectivity index (χ2n) is 7.09. The van der Waals surface area contributed by atoms with Gasteiger partial charge in [-0.05, 0) is 50.8 Å². The Morgan fingerprint density at radius 3 is 2.71 bits per heavy atom. The minimum atomic E-state index is 0.0963. The molecule has 2 N–H and O–H groups in total. The zero-order chi connectivity index (χ0) is 15.6. The maximum Gasteiger partial charge on any atom is 0.0637 e. The Labute approximate surface area is 136 Å². The van der Waals surface area contributed by atoms with E-state index in [1.807, 2.05) is 0 Å². The van der Waals surface area contributed by atoms with Gasteiger partial charge in [0.2, 0.25) is 0 Å². The SMILES string of the molecule is CC1CCN(c2cc(Br)ccc2CNC(C)(C)C)C1CO. The fourth-order valence-electron chi connectivity index (χ4n) is 2.90. The first kappa shape index (κ1) is 16.8. The quantitative estimate of drug-likeness (QED) is 0.867.